The highest BCUT2D eigenvalue weighted by molar-refractivity contribution is 5.80. The number of rotatable bonds is 5. The zero-order chi connectivity index (χ0) is 18.4. The van der Waals surface area contributed by atoms with Gasteiger partial charge in [0.2, 0.25) is 5.91 Å². The normalized spacial score (nSPS) is 14.8. The second-order valence-electron chi connectivity index (χ2n) is 6.61. The topological polar surface area (TPSA) is 65.6 Å². The number of hydrogen-bond acceptors (Lipinski definition) is 3. The number of hydrogen-bond donors (Lipinski definition) is 1. The van der Waals surface area contributed by atoms with Crippen LogP contribution in [0.4, 0.5) is 0 Å². The van der Waals surface area contributed by atoms with E-state index in [4.69, 9.17) is 4.74 Å². The minimum atomic E-state index is -0.0366. The van der Waals surface area contributed by atoms with Crippen LogP contribution >= 0.6 is 0 Å². The maximum Gasteiger partial charge on any atom is 0.260 e. The molecule has 2 heterocycles. The molecule has 6 heteroatoms. The molecule has 0 aliphatic carbocycles. The standard InChI is InChI=1S/C20H25N3O3/c1-16-3-5-18(6-4-16)26-15-20(25)23-10-2-9-22(11-12-23)19(24)13-17-7-8-21-14-17/h3-8,14,21H,2,9-13,15H2,1H3. The van der Waals surface area contributed by atoms with E-state index in [0.29, 0.717) is 38.3 Å². The van der Waals surface area contributed by atoms with Crippen LogP contribution in [0.5, 0.6) is 5.75 Å². The van der Waals surface area contributed by atoms with Crippen molar-refractivity contribution in [3.63, 3.8) is 0 Å². The van der Waals surface area contributed by atoms with Crippen molar-refractivity contribution < 1.29 is 14.3 Å². The molecule has 1 saturated heterocycles. The first kappa shape index (κ1) is 18.0. The van der Waals surface area contributed by atoms with Gasteiger partial charge in [-0.3, -0.25) is 9.59 Å². The third-order valence-corrected chi connectivity index (χ3v) is 4.60. The molecule has 1 aliphatic heterocycles. The van der Waals surface area contributed by atoms with Crippen LogP contribution in [0.3, 0.4) is 0 Å². The molecule has 26 heavy (non-hydrogen) atoms. The van der Waals surface area contributed by atoms with Crippen LogP contribution in [-0.2, 0) is 16.0 Å². The summed E-state index contributed by atoms with van der Waals surface area (Å²) < 4.78 is 5.59. The molecule has 0 atom stereocenters. The number of ether oxygens (including phenoxy) is 1. The van der Waals surface area contributed by atoms with Gasteiger partial charge in [0.05, 0.1) is 6.42 Å². The molecule has 0 bridgehead atoms. The Morgan fingerprint density at radius 1 is 1.00 bits per heavy atom. The van der Waals surface area contributed by atoms with Crippen molar-refractivity contribution in [3.8, 4) is 5.75 Å². The van der Waals surface area contributed by atoms with Crippen molar-refractivity contribution in [2.75, 3.05) is 32.8 Å². The van der Waals surface area contributed by atoms with Gasteiger partial charge in [0, 0.05) is 38.6 Å². The number of nitrogens with one attached hydrogen (secondary N) is 1. The van der Waals surface area contributed by atoms with E-state index in [9.17, 15) is 9.59 Å². The van der Waals surface area contributed by atoms with Crippen LogP contribution in [0.1, 0.15) is 17.5 Å². The molecule has 0 spiro atoms. The Morgan fingerprint density at radius 2 is 1.69 bits per heavy atom. The Balaban J connectivity index is 1.47. The third kappa shape index (κ3) is 4.88. The average molecular weight is 355 g/mol. The number of amides is 2. The summed E-state index contributed by atoms with van der Waals surface area (Å²) in [5.74, 6) is 0.766. The SMILES string of the molecule is Cc1ccc(OCC(=O)N2CCCN(C(=O)Cc3cc[nH]c3)CC2)cc1. The van der Waals surface area contributed by atoms with E-state index in [1.807, 2.05) is 54.5 Å². The fourth-order valence-electron chi connectivity index (χ4n) is 3.04. The van der Waals surface area contributed by atoms with E-state index < -0.39 is 0 Å². The van der Waals surface area contributed by atoms with Gasteiger partial charge in [0.25, 0.3) is 5.91 Å². The van der Waals surface area contributed by atoms with Crippen molar-refractivity contribution >= 4 is 11.8 Å². The summed E-state index contributed by atoms with van der Waals surface area (Å²) in [5.41, 5.74) is 2.14. The summed E-state index contributed by atoms with van der Waals surface area (Å²) >= 11 is 0. The van der Waals surface area contributed by atoms with E-state index in [2.05, 4.69) is 4.98 Å². The fraction of sp³-hybridized carbons (Fsp3) is 0.400. The zero-order valence-corrected chi connectivity index (χ0v) is 15.1. The number of aromatic amines is 1. The lowest BCUT2D eigenvalue weighted by molar-refractivity contribution is -0.134. The molecule has 6 nitrogen and oxygen atoms in total. The molecule has 1 N–H and O–H groups in total. The van der Waals surface area contributed by atoms with Gasteiger partial charge in [-0.05, 0) is 37.1 Å². The highest BCUT2D eigenvalue weighted by Crippen LogP contribution is 2.12. The molecule has 1 aliphatic rings. The summed E-state index contributed by atoms with van der Waals surface area (Å²) in [6.45, 7) is 4.50. The lowest BCUT2D eigenvalue weighted by atomic mass is 10.2. The van der Waals surface area contributed by atoms with Crippen molar-refractivity contribution in [3.05, 3.63) is 53.9 Å². The van der Waals surface area contributed by atoms with Gasteiger partial charge in [-0.15, -0.1) is 0 Å². The van der Waals surface area contributed by atoms with Crippen LogP contribution in [0, 0.1) is 6.92 Å². The minimum Gasteiger partial charge on any atom is -0.484 e. The predicted molar refractivity (Wildman–Crippen MR) is 98.9 cm³/mol. The van der Waals surface area contributed by atoms with Crippen LogP contribution < -0.4 is 4.74 Å². The molecule has 0 saturated carbocycles. The lowest BCUT2D eigenvalue weighted by Crippen LogP contribution is -2.39. The van der Waals surface area contributed by atoms with Crippen LogP contribution in [0.2, 0.25) is 0 Å². The Labute approximate surface area is 153 Å². The van der Waals surface area contributed by atoms with E-state index in [1.54, 1.807) is 4.90 Å². The lowest BCUT2D eigenvalue weighted by Gasteiger charge is -2.22. The first-order chi connectivity index (χ1) is 12.6. The molecule has 0 radical (unpaired) electrons. The van der Waals surface area contributed by atoms with Crippen LogP contribution in [0.15, 0.2) is 42.7 Å². The average Bonchev–Trinajstić information content (AvgIpc) is 3.02. The second-order valence-corrected chi connectivity index (χ2v) is 6.61. The quantitative estimate of drug-likeness (QED) is 0.892. The fourth-order valence-corrected chi connectivity index (χ4v) is 3.04. The molecule has 1 aromatic heterocycles. The predicted octanol–water partition coefficient (Wildman–Crippen LogP) is 2.01. The van der Waals surface area contributed by atoms with Gasteiger partial charge in [0.15, 0.2) is 6.61 Å². The molecule has 1 fully saturated rings. The maximum absolute atomic E-state index is 12.4. The Morgan fingerprint density at radius 3 is 2.35 bits per heavy atom. The molecular weight excluding hydrogens is 330 g/mol. The summed E-state index contributed by atoms with van der Waals surface area (Å²) in [5, 5.41) is 0. The number of aryl methyl sites for hydroxylation is 1. The van der Waals surface area contributed by atoms with E-state index in [1.165, 1.54) is 0 Å². The number of benzene rings is 1. The maximum atomic E-state index is 12.4. The molecule has 2 aromatic rings. The van der Waals surface area contributed by atoms with Gasteiger partial charge in [-0.25, -0.2) is 0 Å². The molecular formula is C20H25N3O3. The number of carbonyl (C=O) groups excluding carboxylic acids is 2. The second kappa shape index (κ2) is 8.56. The molecule has 1 aromatic carbocycles. The van der Waals surface area contributed by atoms with Gasteiger partial charge in [-0.2, -0.15) is 0 Å². The zero-order valence-electron chi connectivity index (χ0n) is 15.1. The summed E-state index contributed by atoms with van der Waals surface area (Å²) in [6, 6.07) is 9.56. The molecule has 0 unspecified atom stereocenters. The first-order valence-corrected chi connectivity index (χ1v) is 8.98. The number of aromatic nitrogens is 1. The third-order valence-electron chi connectivity index (χ3n) is 4.60. The number of nitrogens with zero attached hydrogens (tertiary/aromatic N) is 2. The Kier molecular flexibility index (Phi) is 5.94. The van der Waals surface area contributed by atoms with E-state index in [0.717, 1.165) is 17.5 Å². The van der Waals surface area contributed by atoms with Crippen molar-refractivity contribution in [2.45, 2.75) is 19.8 Å². The van der Waals surface area contributed by atoms with Crippen molar-refractivity contribution in [2.24, 2.45) is 0 Å². The molecule has 138 valence electrons. The van der Waals surface area contributed by atoms with Crippen LogP contribution in [0.25, 0.3) is 0 Å². The van der Waals surface area contributed by atoms with Crippen molar-refractivity contribution in [1.82, 2.24) is 14.8 Å². The monoisotopic (exact) mass is 355 g/mol. The Bertz CT molecular complexity index is 725. The summed E-state index contributed by atoms with van der Waals surface area (Å²) in [4.78, 5) is 31.4. The molecule has 3 rings (SSSR count). The highest BCUT2D eigenvalue weighted by Gasteiger charge is 2.22. The Hall–Kier alpha value is -2.76. The van der Waals surface area contributed by atoms with Gasteiger partial charge >= 0.3 is 0 Å². The van der Waals surface area contributed by atoms with Crippen LogP contribution in [-0.4, -0.2) is 59.4 Å². The van der Waals surface area contributed by atoms with E-state index >= 15 is 0 Å². The minimum absolute atomic E-state index is 0.0281. The van der Waals surface area contributed by atoms with Gasteiger partial charge in [-0.1, -0.05) is 17.7 Å². The van der Waals surface area contributed by atoms with Gasteiger partial charge < -0.3 is 19.5 Å². The largest absolute Gasteiger partial charge is 0.484 e. The van der Waals surface area contributed by atoms with Crippen molar-refractivity contribution in [1.29, 1.82) is 0 Å². The summed E-state index contributed by atoms with van der Waals surface area (Å²) in [7, 11) is 0. The van der Waals surface area contributed by atoms with E-state index in [-0.39, 0.29) is 18.4 Å². The number of H-pyrrole nitrogens is 1. The first-order valence-electron chi connectivity index (χ1n) is 8.98. The number of carbonyl (C=O) groups is 2. The summed E-state index contributed by atoms with van der Waals surface area (Å²) in [6.07, 6.45) is 4.84. The van der Waals surface area contributed by atoms with Gasteiger partial charge in [0.1, 0.15) is 5.75 Å². The highest BCUT2D eigenvalue weighted by atomic mass is 16.5. The smallest absolute Gasteiger partial charge is 0.260 e. The molecule has 2 amide bonds.